The minimum Gasteiger partial charge on any atom is -0.0623 e. The van der Waals surface area contributed by atoms with Crippen LogP contribution in [0.15, 0.2) is 11.1 Å². The highest BCUT2D eigenvalue weighted by atomic mass is 14.4. The summed E-state index contributed by atoms with van der Waals surface area (Å²) in [5.41, 5.74) is 3.88. The fourth-order valence-electron chi connectivity index (χ4n) is 4.10. The highest BCUT2D eigenvalue weighted by Crippen LogP contribution is 2.47. The number of rotatable bonds is 4. The summed E-state index contributed by atoms with van der Waals surface area (Å²) < 4.78 is 0. The van der Waals surface area contributed by atoms with Gasteiger partial charge < -0.3 is 0 Å². The van der Waals surface area contributed by atoms with E-state index in [0.29, 0.717) is 23.7 Å². The van der Waals surface area contributed by atoms with E-state index in [9.17, 15) is 0 Å². The lowest BCUT2D eigenvalue weighted by molar-refractivity contribution is 0.264. The standard InChI is InChI=1S/C20H40/c1-13(2)16(14(3)4)18(20(10,11)12)17(15(5)6)19(7,8)9/h13-16H,1-12H3. The maximum atomic E-state index is 2.40. The first-order valence-electron chi connectivity index (χ1n) is 8.46. The molecule has 0 amide bonds. The zero-order valence-corrected chi connectivity index (χ0v) is 16.3. The zero-order chi connectivity index (χ0) is 16.5. The van der Waals surface area contributed by atoms with E-state index in [4.69, 9.17) is 0 Å². The van der Waals surface area contributed by atoms with Crippen molar-refractivity contribution in [1.82, 2.24) is 0 Å². The lowest BCUT2D eigenvalue weighted by atomic mass is 9.63. The van der Waals surface area contributed by atoms with Gasteiger partial charge in [-0.15, -0.1) is 0 Å². The van der Waals surface area contributed by atoms with E-state index in [2.05, 4.69) is 83.1 Å². The Labute approximate surface area is 129 Å². The van der Waals surface area contributed by atoms with Crippen LogP contribution in [0.2, 0.25) is 0 Å². The van der Waals surface area contributed by atoms with Crippen molar-refractivity contribution >= 4 is 0 Å². The molecule has 0 aliphatic heterocycles. The van der Waals surface area contributed by atoms with E-state index >= 15 is 0 Å². The van der Waals surface area contributed by atoms with Crippen LogP contribution >= 0.6 is 0 Å². The van der Waals surface area contributed by atoms with Crippen LogP contribution in [0.4, 0.5) is 0 Å². The van der Waals surface area contributed by atoms with Gasteiger partial charge in [0.05, 0.1) is 0 Å². The average molecular weight is 281 g/mol. The molecule has 0 aromatic heterocycles. The highest BCUT2D eigenvalue weighted by Gasteiger charge is 2.36. The minimum atomic E-state index is 0.242. The second-order valence-electron chi connectivity index (χ2n) is 9.50. The summed E-state index contributed by atoms with van der Waals surface area (Å²) in [6.45, 7) is 28.6. The maximum Gasteiger partial charge on any atom is -0.0149 e. The van der Waals surface area contributed by atoms with Crippen LogP contribution in [0.3, 0.4) is 0 Å². The Morgan fingerprint density at radius 1 is 0.550 bits per heavy atom. The highest BCUT2D eigenvalue weighted by molar-refractivity contribution is 5.29. The van der Waals surface area contributed by atoms with Crippen molar-refractivity contribution in [1.29, 1.82) is 0 Å². The van der Waals surface area contributed by atoms with E-state index < -0.39 is 0 Å². The van der Waals surface area contributed by atoms with E-state index in [1.807, 2.05) is 0 Å². The van der Waals surface area contributed by atoms with Gasteiger partial charge in [-0.1, -0.05) is 94.2 Å². The Hall–Kier alpha value is -0.260. The van der Waals surface area contributed by atoms with E-state index in [0.717, 1.165) is 0 Å². The monoisotopic (exact) mass is 280 g/mol. The van der Waals surface area contributed by atoms with E-state index in [1.54, 1.807) is 11.1 Å². The summed E-state index contributed by atoms with van der Waals surface area (Å²) in [5.74, 6) is 2.68. The Kier molecular flexibility index (Phi) is 6.58. The third-order valence-electron chi connectivity index (χ3n) is 4.25. The molecule has 20 heavy (non-hydrogen) atoms. The lowest BCUT2D eigenvalue weighted by Gasteiger charge is -2.42. The Morgan fingerprint density at radius 2 is 0.850 bits per heavy atom. The molecule has 0 heterocycles. The molecular formula is C20H40. The predicted octanol–water partition coefficient (Wildman–Crippen LogP) is 6.96. The van der Waals surface area contributed by atoms with Crippen molar-refractivity contribution in [3.8, 4) is 0 Å². The summed E-state index contributed by atoms with van der Waals surface area (Å²) in [5, 5.41) is 0. The van der Waals surface area contributed by atoms with Crippen LogP contribution in [0.1, 0.15) is 83.1 Å². The molecule has 0 saturated heterocycles. The Bertz CT molecular complexity index is 318. The van der Waals surface area contributed by atoms with Gasteiger partial charge in [-0.2, -0.15) is 0 Å². The van der Waals surface area contributed by atoms with Crippen molar-refractivity contribution in [3.05, 3.63) is 11.1 Å². The molecule has 0 saturated carbocycles. The van der Waals surface area contributed by atoms with Crippen LogP contribution < -0.4 is 0 Å². The Balaban J connectivity index is 6.40. The molecule has 0 fully saturated rings. The van der Waals surface area contributed by atoms with Crippen molar-refractivity contribution in [2.75, 3.05) is 0 Å². The molecule has 0 nitrogen and oxygen atoms in total. The van der Waals surface area contributed by atoms with Gasteiger partial charge >= 0.3 is 0 Å². The van der Waals surface area contributed by atoms with Crippen LogP contribution in [0, 0.1) is 34.5 Å². The lowest BCUT2D eigenvalue weighted by Crippen LogP contribution is -2.32. The normalized spacial score (nSPS) is 15.6. The molecule has 0 heteroatoms. The molecule has 0 aliphatic rings. The quantitative estimate of drug-likeness (QED) is 0.488. The van der Waals surface area contributed by atoms with Gasteiger partial charge in [-0.05, 0) is 34.5 Å². The van der Waals surface area contributed by atoms with Crippen molar-refractivity contribution in [2.45, 2.75) is 83.1 Å². The van der Waals surface area contributed by atoms with E-state index in [1.165, 1.54) is 0 Å². The summed E-state index contributed by atoms with van der Waals surface area (Å²) in [7, 11) is 0. The summed E-state index contributed by atoms with van der Waals surface area (Å²) in [4.78, 5) is 0. The van der Waals surface area contributed by atoms with E-state index in [-0.39, 0.29) is 10.8 Å². The molecular weight excluding hydrogens is 240 g/mol. The predicted molar refractivity (Wildman–Crippen MR) is 93.9 cm³/mol. The molecule has 0 bridgehead atoms. The fourth-order valence-corrected chi connectivity index (χ4v) is 4.10. The third kappa shape index (κ3) is 4.93. The molecule has 0 aliphatic carbocycles. The molecule has 0 N–H and O–H groups in total. The topological polar surface area (TPSA) is 0 Å². The molecule has 0 atom stereocenters. The SMILES string of the molecule is CC(C)C(=C(C(C(C)C)C(C)C)C(C)(C)C)C(C)(C)C. The smallest absolute Gasteiger partial charge is 0.0149 e. The first kappa shape index (κ1) is 19.7. The molecule has 120 valence electrons. The number of allylic oxidation sites excluding steroid dienone is 2. The summed E-state index contributed by atoms with van der Waals surface area (Å²) in [6.07, 6.45) is 0. The summed E-state index contributed by atoms with van der Waals surface area (Å²) in [6, 6.07) is 0. The Morgan fingerprint density at radius 3 is 1.00 bits per heavy atom. The first-order chi connectivity index (χ1) is 8.71. The van der Waals surface area contributed by atoms with Crippen LogP contribution in [-0.4, -0.2) is 0 Å². The molecule has 0 unspecified atom stereocenters. The molecule has 0 spiro atoms. The molecule has 0 aromatic rings. The third-order valence-corrected chi connectivity index (χ3v) is 4.25. The number of hydrogen-bond donors (Lipinski definition) is 0. The minimum absolute atomic E-state index is 0.242. The molecule has 0 radical (unpaired) electrons. The second kappa shape index (κ2) is 6.67. The van der Waals surface area contributed by atoms with Crippen molar-refractivity contribution in [3.63, 3.8) is 0 Å². The van der Waals surface area contributed by atoms with Gasteiger partial charge in [0.25, 0.3) is 0 Å². The zero-order valence-electron chi connectivity index (χ0n) is 16.3. The van der Waals surface area contributed by atoms with Crippen LogP contribution in [-0.2, 0) is 0 Å². The fraction of sp³-hybridized carbons (Fsp3) is 0.900. The first-order valence-corrected chi connectivity index (χ1v) is 8.46. The van der Waals surface area contributed by atoms with Crippen molar-refractivity contribution < 1.29 is 0 Å². The average Bonchev–Trinajstić information content (AvgIpc) is 2.10. The van der Waals surface area contributed by atoms with Gasteiger partial charge in [0.15, 0.2) is 0 Å². The van der Waals surface area contributed by atoms with Crippen LogP contribution in [0.25, 0.3) is 0 Å². The van der Waals surface area contributed by atoms with Gasteiger partial charge in [-0.3, -0.25) is 0 Å². The largest absolute Gasteiger partial charge is 0.0623 e. The van der Waals surface area contributed by atoms with Gasteiger partial charge in [0.2, 0.25) is 0 Å². The number of hydrogen-bond acceptors (Lipinski definition) is 0. The maximum absolute atomic E-state index is 2.40. The molecule has 0 aromatic carbocycles. The van der Waals surface area contributed by atoms with Crippen LogP contribution in [0.5, 0.6) is 0 Å². The van der Waals surface area contributed by atoms with Gasteiger partial charge in [-0.25, -0.2) is 0 Å². The van der Waals surface area contributed by atoms with Gasteiger partial charge in [0.1, 0.15) is 0 Å². The molecule has 0 rings (SSSR count). The van der Waals surface area contributed by atoms with Crippen molar-refractivity contribution in [2.24, 2.45) is 34.5 Å². The second-order valence-corrected chi connectivity index (χ2v) is 9.50. The summed E-state index contributed by atoms with van der Waals surface area (Å²) >= 11 is 0. The van der Waals surface area contributed by atoms with Gasteiger partial charge in [0, 0.05) is 0 Å².